The molecule has 112 valence electrons. The van der Waals surface area contributed by atoms with Crippen LogP contribution < -0.4 is 9.46 Å². The minimum Gasteiger partial charge on any atom is -0.496 e. The molecule has 2 aromatic carbocycles. The lowest BCUT2D eigenvalue weighted by molar-refractivity contribution is 0.273. The van der Waals surface area contributed by atoms with Crippen LogP contribution in [0, 0.1) is 5.82 Å². The van der Waals surface area contributed by atoms with Gasteiger partial charge >= 0.3 is 0 Å². The van der Waals surface area contributed by atoms with E-state index in [9.17, 15) is 17.9 Å². The SMILES string of the molecule is COc1ccc(S(=O)(=O)Nc2ccc(F)cc2)cc1CO. The summed E-state index contributed by atoms with van der Waals surface area (Å²) < 4.78 is 44.6. The van der Waals surface area contributed by atoms with Crippen molar-refractivity contribution in [3.8, 4) is 5.75 Å². The van der Waals surface area contributed by atoms with Crippen LogP contribution in [-0.2, 0) is 16.6 Å². The zero-order valence-electron chi connectivity index (χ0n) is 11.2. The highest BCUT2D eigenvalue weighted by atomic mass is 32.2. The predicted molar refractivity (Wildman–Crippen MR) is 76.1 cm³/mol. The molecule has 2 rings (SSSR count). The average molecular weight is 311 g/mol. The first-order chi connectivity index (χ1) is 9.96. The second-order valence-corrected chi connectivity index (χ2v) is 5.93. The van der Waals surface area contributed by atoms with Crippen molar-refractivity contribution in [3.63, 3.8) is 0 Å². The van der Waals surface area contributed by atoms with Gasteiger partial charge in [-0.05, 0) is 42.5 Å². The second-order valence-electron chi connectivity index (χ2n) is 4.24. The first kappa shape index (κ1) is 15.3. The molecule has 0 atom stereocenters. The first-order valence-corrected chi connectivity index (χ1v) is 7.51. The molecule has 0 aliphatic heterocycles. The van der Waals surface area contributed by atoms with Crippen molar-refractivity contribution in [2.75, 3.05) is 11.8 Å². The number of ether oxygens (including phenoxy) is 1. The molecular weight excluding hydrogens is 297 g/mol. The summed E-state index contributed by atoms with van der Waals surface area (Å²) in [6.07, 6.45) is 0. The van der Waals surface area contributed by atoms with E-state index in [4.69, 9.17) is 4.74 Å². The molecule has 0 fully saturated rings. The van der Waals surface area contributed by atoms with Gasteiger partial charge in [0.25, 0.3) is 10.0 Å². The summed E-state index contributed by atoms with van der Waals surface area (Å²) in [5, 5.41) is 9.22. The number of nitrogens with one attached hydrogen (secondary N) is 1. The molecule has 0 unspecified atom stereocenters. The highest BCUT2D eigenvalue weighted by Gasteiger charge is 2.16. The Kier molecular flexibility index (Phi) is 4.44. The molecule has 0 bridgehead atoms. The van der Waals surface area contributed by atoms with Gasteiger partial charge in [0.2, 0.25) is 0 Å². The van der Waals surface area contributed by atoms with Crippen LogP contribution in [-0.4, -0.2) is 20.6 Å². The van der Waals surface area contributed by atoms with Crippen molar-refractivity contribution in [2.24, 2.45) is 0 Å². The van der Waals surface area contributed by atoms with Crippen molar-refractivity contribution >= 4 is 15.7 Å². The molecule has 0 aliphatic rings. The van der Waals surface area contributed by atoms with Gasteiger partial charge in [-0.3, -0.25) is 4.72 Å². The largest absolute Gasteiger partial charge is 0.496 e. The van der Waals surface area contributed by atoms with Crippen LogP contribution in [0.2, 0.25) is 0 Å². The van der Waals surface area contributed by atoms with Gasteiger partial charge in [-0.2, -0.15) is 0 Å². The number of aliphatic hydroxyl groups excluding tert-OH is 1. The average Bonchev–Trinajstić information content (AvgIpc) is 2.48. The third-order valence-electron chi connectivity index (χ3n) is 2.83. The topological polar surface area (TPSA) is 75.6 Å². The molecule has 21 heavy (non-hydrogen) atoms. The molecule has 0 saturated carbocycles. The molecule has 2 aromatic rings. The van der Waals surface area contributed by atoms with E-state index in [0.717, 1.165) is 12.1 Å². The second kappa shape index (κ2) is 6.11. The molecule has 2 N–H and O–H groups in total. The van der Waals surface area contributed by atoms with E-state index >= 15 is 0 Å². The Morgan fingerprint density at radius 3 is 2.43 bits per heavy atom. The van der Waals surface area contributed by atoms with Crippen LogP contribution in [0.4, 0.5) is 10.1 Å². The summed E-state index contributed by atoms with van der Waals surface area (Å²) in [7, 11) is -2.39. The molecule has 0 saturated heterocycles. The lowest BCUT2D eigenvalue weighted by atomic mass is 10.2. The van der Waals surface area contributed by atoms with Crippen LogP contribution in [0.15, 0.2) is 47.4 Å². The number of sulfonamides is 1. The summed E-state index contributed by atoms with van der Waals surface area (Å²) in [5.41, 5.74) is 0.609. The summed E-state index contributed by atoms with van der Waals surface area (Å²) in [6, 6.07) is 9.11. The summed E-state index contributed by atoms with van der Waals surface area (Å²) in [6.45, 7) is -0.344. The fourth-order valence-corrected chi connectivity index (χ4v) is 2.89. The van der Waals surface area contributed by atoms with Crippen LogP contribution in [0.5, 0.6) is 5.75 Å². The van der Waals surface area contributed by atoms with Crippen LogP contribution in [0.3, 0.4) is 0 Å². The highest BCUT2D eigenvalue weighted by molar-refractivity contribution is 7.92. The Bertz CT molecular complexity index is 729. The lowest BCUT2D eigenvalue weighted by Gasteiger charge is -2.11. The molecular formula is C14H14FNO4S. The Morgan fingerprint density at radius 1 is 1.19 bits per heavy atom. The van der Waals surface area contributed by atoms with E-state index in [0.29, 0.717) is 11.3 Å². The van der Waals surface area contributed by atoms with Crippen molar-refractivity contribution < 1.29 is 22.7 Å². The Morgan fingerprint density at radius 2 is 1.86 bits per heavy atom. The molecule has 0 aromatic heterocycles. The summed E-state index contributed by atoms with van der Waals surface area (Å²) in [4.78, 5) is -0.0170. The Balaban J connectivity index is 2.33. The highest BCUT2D eigenvalue weighted by Crippen LogP contribution is 2.24. The third-order valence-corrected chi connectivity index (χ3v) is 4.21. The normalized spacial score (nSPS) is 11.2. The van der Waals surface area contributed by atoms with Gasteiger partial charge in [0.1, 0.15) is 11.6 Å². The van der Waals surface area contributed by atoms with Crippen molar-refractivity contribution in [1.29, 1.82) is 0 Å². The van der Waals surface area contributed by atoms with Gasteiger partial charge in [0.15, 0.2) is 0 Å². The van der Waals surface area contributed by atoms with Crippen LogP contribution in [0.1, 0.15) is 5.56 Å². The van der Waals surface area contributed by atoms with Gasteiger partial charge in [0.05, 0.1) is 18.6 Å². The number of methoxy groups -OCH3 is 1. The Hall–Kier alpha value is -2.12. The summed E-state index contributed by atoms with van der Waals surface area (Å²) in [5.74, 6) is -0.0526. The zero-order valence-corrected chi connectivity index (χ0v) is 12.0. The summed E-state index contributed by atoms with van der Waals surface area (Å²) >= 11 is 0. The number of aliphatic hydroxyl groups is 1. The van der Waals surface area contributed by atoms with Gasteiger partial charge < -0.3 is 9.84 Å². The minimum absolute atomic E-state index is 0.0170. The number of benzene rings is 2. The maximum absolute atomic E-state index is 12.8. The fourth-order valence-electron chi connectivity index (χ4n) is 1.78. The zero-order chi connectivity index (χ0) is 15.5. The predicted octanol–water partition coefficient (Wildman–Crippen LogP) is 2.13. The van der Waals surface area contributed by atoms with E-state index in [-0.39, 0.29) is 17.2 Å². The molecule has 0 spiro atoms. The molecule has 5 nitrogen and oxygen atoms in total. The van der Waals surface area contributed by atoms with Gasteiger partial charge in [-0.15, -0.1) is 0 Å². The van der Waals surface area contributed by atoms with Gasteiger partial charge in [-0.1, -0.05) is 0 Å². The molecule has 0 aliphatic carbocycles. The molecule has 7 heteroatoms. The van der Waals surface area contributed by atoms with E-state index in [1.165, 1.54) is 37.4 Å². The third kappa shape index (κ3) is 3.50. The molecule has 0 amide bonds. The number of rotatable bonds is 5. The Labute approximate surface area is 122 Å². The van der Waals surface area contributed by atoms with E-state index < -0.39 is 15.8 Å². The number of halogens is 1. The number of hydrogen-bond acceptors (Lipinski definition) is 4. The lowest BCUT2D eigenvalue weighted by Crippen LogP contribution is -2.13. The van der Waals surface area contributed by atoms with Crippen LogP contribution in [0.25, 0.3) is 0 Å². The maximum atomic E-state index is 12.8. The van der Waals surface area contributed by atoms with Crippen LogP contribution >= 0.6 is 0 Å². The van der Waals surface area contributed by atoms with E-state index in [2.05, 4.69) is 4.72 Å². The monoisotopic (exact) mass is 311 g/mol. The van der Waals surface area contributed by atoms with E-state index in [1.807, 2.05) is 0 Å². The maximum Gasteiger partial charge on any atom is 0.261 e. The number of hydrogen-bond donors (Lipinski definition) is 2. The van der Waals surface area contributed by atoms with Gasteiger partial charge in [-0.25, -0.2) is 12.8 Å². The smallest absolute Gasteiger partial charge is 0.261 e. The molecule has 0 radical (unpaired) electrons. The number of anilines is 1. The van der Waals surface area contributed by atoms with Gasteiger partial charge in [0, 0.05) is 11.3 Å². The van der Waals surface area contributed by atoms with Crippen molar-refractivity contribution in [2.45, 2.75) is 11.5 Å². The minimum atomic E-state index is -3.82. The standard InChI is InChI=1S/C14H14FNO4S/c1-20-14-7-6-13(8-10(14)9-17)21(18,19)16-12-4-2-11(15)3-5-12/h2-8,16-17H,9H2,1H3. The van der Waals surface area contributed by atoms with Crippen molar-refractivity contribution in [1.82, 2.24) is 0 Å². The van der Waals surface area contributed by atoms with E-state index in [1.54, 1.807) is 0 Å². The molecule has 0 heterocycles. The quantitative estimate of drug-likeness (QED) is 0.887. The fraction of sp³-hybridized carbons (Fsp3) is 0.143. The van der Waals surface area contributed by atoms with Crippen molar-refractivity contribution in [3.05, 3.63) is 53.8 Å². The first-order valence-electron chi connectivity index (χ1n) is 6.02.